The van der Waals surface area contributed by atoms with Crippen molar-refractivity contribution in [2.24, 2.45) is 0 Å². The Morgan fingerprint density at radius 1 is 1.17 bits per heavy atom. The van der Waals surface area contributed by atoms with Crippen molar-refractivity contribution in [3.8, 4) is 40.5 Å². The van der Waals surface area contributed by atoms with Crippen LogP contribution in [-0.4, -0.2) is 57.3 Å². The van der Waals surface area contributed by atoms with Crippen LogP contribution >= 0.6 is 11.8 Å². The zero-order valence-electron chi connectivity index (χ0n) is 20.1. The normalized spacial score (nSPS) is 10.2. The van der Waals surface area contributed by atoms with E-state index in [0.29, 0.717) is 22.8 Å². The second-order valence-electron chi connectivity index (χ2n) is 7.24. The quantitative estimate of drug-likeness (QED) is 0.311. The smallest absolute Gasteiger partial charge is 0.305 e. The molecular weight excluding hydrogens is 488 g/mol. The number of amides is 1. The molecule has 0 aliphatic rings. The maximum Gasteiger partial charge on any atom is 0.305 e. The second-order valence-corrected chi connectivity index (χ2v) is 8.20. The van der Waals surface area contributed by atoms with Crippen LogP contribution in [0, 0.1) is 22.7 Å². The molecule has 0 saturated carbocycles. The number of anilines is 2. The number of hydrogen-bond donors (Lipinski definition) is 2. The van der Waals surface area contributed by atoms with Crippen molar-refractivity contribution >= 4 is 29.4 Å². The van der Waals surface area contributed by atoms with Crippen molar-refractivity contribution in [1.29, 1.82) is 10.5 Å². The van der Waals surface area contributed by atoms with Crippen LogP contribution in [0.5, 0.6) is 17.2 Å². The highest BCUT2D eigenvalue weighted by molar-refractivity contribution is 8.00. The summed E-state index contributed by atoms with van der Waals surface area (Å²) in [6, 6.07) is 7.30. The van der Waals surface area contributed by atoms with E-state index >= 15 is 0 Å². The van der Waals surface area contributed by atoms with Gasteiger partial charge >= 0.3 is 5.88 Å². The minimum atomic E-state index is -0.426. The molecule has 2 heterocycles. The van der Waals surface area contributed by atoms with Gasteiger partial charge in [0.25, 0.3) is 6.20 Å². The van der Waals surface area contributed by atoms with Crippen LogP contribution in [-0.2, 0) is 4.79 Å². The Morgan fingerprint density at radius 2 is 1.81 bits per heavy atom. The molecular formula is C22H23N8O5S+. The van der Waals surface area contributed by atoms with Crippen LogP contribution in [0.15, 0.2) is 27.9 Å². The highest BCUT2D eigenvalue weighted by Gasteiger charge is 2.24. The first kappa shape index (κ1) is 25.9. The summed E-state index contributed by atoms with van der Waals surface area (Å²) in [6.07, 6.45) is 1.49. The predicted molar refractivity (Wildman–Crippen MR) is 129 cm³/mol. The van der Waals surface area contributed by atoms with Gasteiger partial charge in [0.1, 0.15) is 28.5 Å². The third kappa shape index (κ3) is 5.18. The van der Waals surface area contributed by atoms with Gasteiger partial charge in [-0.2, -0.15) is 15.5 Å². The van der Waals surface area contributed by atoms with Gasteiger partial charge in [0, 0.05) is 5.56 Å². The number of nitrogen functional groups attached to an aromatic ring is 1. The van der Waals surface area contributed by atoms with E-state index in [2.05, 4.69) is 21.6 Å². The van der Waals surface area contributed by atoms with Gasteiger partial charge in [0.05, 0.1) is 51.5 Å². The maximum atomic E-state index is 12.5. The fourth-order valence-electron chi connectivity index (χ4n) is 3.21. The Kier molecular flexibility index (Phi) is 8.03. The number of hydrogen-bond acceptors (Lipinski definition) is 12. The highest BCUT2D eigenvalue weighted by Crippen LogP contribution is 2.44. The number of nitrogens with zero attached hydrogens (tertiary/aromatic N) is 6. The molecule has 2 aromatic heterocycles. The lowest BCUT2D eigenvalue weighted by Crippen LogP contribution is -2.53. The van der Waals surface area contributed by atoms with Crippen molar-refractivity contribution in [3.63, 3.8) is 0 Å². The molecule has 0 bridgehead atoms. The van der Waals surface area contributed by atoms with Gasteiger partial charge in [-0.05, 0) is 17.7 Å². The molecule has 0 unspecified atom stereocenters. The van der Waals surface area contributed by atoms with E-state index in [1.54, 1.807) is 31.2 Å². The summed E-state index contributed by atoms with van der Waals surface area (Å²) >= 11 is 0.980. The summed E-state index contributed by atoms with van der Waals surface area (Å²) < 4.78 is 21.2. The molecule has 13 nitrogen and oxygen atoms in total. The van der Waals surface area contributed by atoms with Gasteiger partial charge in [-0.1, -0.05) is 11.8 Å². The largest absolute Gasteiger partial charge is 0.493 e. The van der Waals surface area contributed by atoms with Gasteiger partial charge < -0.3 is 19.9 Å². The number of rotatable bonds is 9. The minimum absolute atomic E-state index is 0.00419. The zero-order chi connectivity index (χ0) is 26.4. The van der Waals surface area contributed by atoms with E-state index in [1.807, 2.05) is 6.07 Å². The maximum absolute atomic E-state index is 12.5. The first-order valence-corrected chi connectivity index (χ1v) is 11.2. The fourth-order valence-corrected chi connectivity index (χ4v) is 4.00. The van der Waals surface area contributed by atoms with Crippen LogP contribution in [0.4, 0.5) is 11.7 Å². The molecule has 0 saturated heterocycles. The molecule has 0 atom stereocenters. The summed E-state index contributed by atoms with van der Waals surface area (Å²) in [5, 5.41) is 27.9. The number of ether oxygens (including phenoxy) is 3. The Morgan fingerprint density at radius 3 is 2.31 bits per heavy atom. The lowest BCUT2D eigenvalue weighted by atomic mass is 9.96. The van der Waals surface area contributed by atoms with Crippen molar-refractivity contribution in [1.82, 2.24) is 10.3 Å². The molecule has 14 heteroatoms. The predicted octanol–water partition coefficient (Wildman–Crippen LogP) is 1.30. The number of carbonyl (C=O) groups excluding carboxylic acids is 1. The number of nitriles is 2. The SMILES string of the molecule is COc1cc(-c2c(C#N)c(N)nc(SCC(=O)Nc3c[n+](N(C)C)no3)c2C#N)cc(OC)c1OC. The highest BCUT2D eigenvalue weighted by atomic mass is 32.2. The summed E-state index contributed by atoms with van der Waals surface area (Å²) in [7, 11) is 7.87. The van der Waals surface area contributed by atoms with E-state index in [4.69, 9.17) is 24.5 Å². The summed E-state index contributed by atoms with van der Waals surface area (Å²) in [5.41, 5.74) is 6.81. The number of nitrogens with one attached hydrogen (secondary N) is 1. The third-order valence-electron chi connectivity index (χ3n) is 4.84. The van der Waals surface area contributed by atoms with Crippen LogP contribution in [0.2, 0.25) is 0 Å². The van der Waals surface area contributed by atoms with Crippen LogP contribution in [0.25, 0.3) is 11.1 Å². The average Bonchev–Trinajstić information content (AvgIpc) is 3.34. The fraction of sp³-hybridized carbons (Fsp3) is 0.273. The molecule has 3 rings (SSSR count). The number of nitrogens with two attached hydrogens (primary N) is 1. The first-order chi connectivity index (χ1) is 17.3. The van der Waals surface area contributed by atoms with Crippen molar-refractivity contribution < 1.29 is 28.3 Å². The number of thioether (sulfide) groups is 1. The van der Waals surface area contributed by atoms with E-state index in [0.717, 1.165) is 11.8 Å². The van der Waals surface area contributed by atoms with Crippen molar-refractivity contribution in [2.75, 3.05) is 57.2 Å². The molecule has 0 radical (unpaired) electrons. The van der Waals surface area contributed by atoms with E-state index in [1.165, 1.54) is 32.3 Å². The molecule has 1 amide bonds. The molecule has 36 heavy (non-hydrogen) atoms. The Hall–Kier alpha value is -4.69. The van der Waals surface area contributed by atoms with E-state index in [9.17, 15) is 15.3 Å². The van der Waals surface area contributed by atoms with Crippen molar-refractivity contribution in [3.05, 3.63) is 29.5 Å². The molecule has 1 aromatic carbocycles. The average molecular weight is 512 g/mol. The lowest BCUT2D eigenvalue weighted by Gasteiger charge is -2.17. The summed E-state index contributed by atoms with van der Waals surface area (Å²) in [4.78, 5) is 18.1. The van der Waals surface area contributed by atoms with Gasteiger partial charge in [-0.3, -0.25) is 14.6 Å². The van der Waals surface area contributed by atoms with Gasteiger partial charge in [0.15, 0.2) is 11.5 Å². The molecule has 0 fully saturated rings. The standard InChI is InChI=1S/C22H22N8O5S/c1-29(2)30-10-18(35-28-30)26-17(31)11-36-22-14(9-24)19(13(8-23)21(25)27-22)12-6-15(32-3)20(34-5)16(7-12)33-4/h6-7,10H,11H2,1-5H3,(H2-,25,26,27,28,31)/p+1. The van der Waals surface area contributed by atoms with Crippen molar-refractivity contribution in [2.45, 2.75) is 5.03 Å². The summed E-state index contributed by atoms with van der Waals surface area (Å²) in [6.45, 7) is 0. The number of aromatic nitrogens is 3. The number of pyridine rings is 1. The molecule has 3 aromatic rings. The number of carbonyl (C=O) groups is 1. The first-order valence-electron chi connectivity index (χ1n) is 10.2. The number of methoxy groups -OCH3 is 3. The van der Waals surface area contributed by atoms with Gasteiger partial charge in [-0.25, -0.2) is 4.98 Å². The zero-order valence-corrected chi connectivity index (χ0v) is 21.0. The summed E-state index contributed by atoms with van der Waals surface area (Å²) in [5.74, 6) is 0.494. The minimum Gasteiger partial charge on any atom is -0.493 e. The van der Waals surface area contributed by atoms with E-state index in [-0.39, 0.29) is 39.2 Å². The molecule has 186 valence electrons. The number of benzene rings is 1. The topological polar surface area (TPSA) is 176 Å². The van der Waals surface area contributed by atoms with Crippen LogP contribution in [0.3, 0.4) is 0 Å². The monoisotopic (exact) mass is 511 g/mol. The van der Waals surface area contributed by atoms with Crippen LogP contribution < -0.4 is 35.1 Å². The molecule has 0 aliphatic carbocycles. The Bertz CT molecular complexity index is 1350. The molecule has 0 aliphatic heterocycles. The molecule has 0 spiro atoms. The van der Waals surface area contributed by atoms with Gasteiger partial charge in [0.2, 0.25) is 16.9 Å². The third-order valence-corrected chi connectivity index (χ3v) is 5.81. The van der Waals surface area contributed by atoms with Gasteiger partial charge in [-0.15, -0.1) is 0 Å². The van der Waals surface area contributed by atoms with E-state index < -0.39 is 5.91 Å². The molecule has 3 N–H and O–H groups in total. The Labute approximate surface area is 210 Å². The second kappa shape index (κ2) is 11.2. The Balaban J connectivity index is 2.00. The lowest BCUT2D eigenvalue weighted by molar-refractivity contribution is -0.753. The van der Waals surface area contributed by atoms with Crippen LogP contribution in [0.1, 0.15) is 11.1 Å².